The van der Waals surface area contributed by atoms with Gasteiger partial charge < -0.3 is 15.1 Å². The number of nitrogens with zero attached hydrogens (tertiary/aromatic N) is 1. The average molecular weight is 482 g/mol. The number of para-hydroxylation sites is 1. The van der Waals surface area contributed by atoms with Crippen molar-refractivity contribution in [2.24, 2.45) is 5.92 Å². The van der Waals surface area contributed by atoms with Gasteiger partial charge >= 0.3 is 0 Å². The molecule has 1 fully saturated rings. The van der Waals surface area contributed by atoms with E-state index in [1.54, 1.807) is 18.2 Å². The molecule has 34 heavy (non-hydrogen) atoms. The highest BCUT2D eigenvalue weighted by atomic mass is 32.2. The minimum absolute atomic E-state index is 0.170. The number of nitrogens with one attached hydrogen (secondary N) is 2. The Morgan fingerprint density at radius 3 is 2.44 bits per heavy atom. The third-order valence-electron chi connectivity index (χ3n) is 6.12. The third-order valence-corrected chi connectivity index (χ3v) is 8.04. The van der Waals surface area contributed by atoms with Crippen molar-refractivity contribution >= 4 is 38.5 Å². The Kier molecular flexibility index (Phi) is 6.85. The fourth-order valence-corrected chi connectivity index (χ4v) is 5.58. The molecule has 2 N–H and O–H groups in total. The number of piperidine rings is 1. The summed E-state index contributed by atoms with van der Waals surface area (Å²) in [6, 6.07) is 13.5. The molecule has 2 aromatic carbocycles. The molecule has 8 nitrogen and oxygen atoms in total. The second-order valence-corrected chi connectivity index (χ2v) is 10.3. The number of aryl methyl sites for hydroxylation is 1. The van der Waals surface area contributed by atoms with Crippen LogP contribution in [0.5, 0.6) is 0 Å². The Hall–Kier alpha value is -3.43. The van der Waals surface area contributed by atoms with E-state index in [2.05, 4.69) is 17.2 Å². The first kappa shape index (κ1) is 23.7. The van der Waals surface area contributed by atoms with Gasteiger partial charge in [0, 0.05) is 36.3 Å². The van der Waals surface area contributed by atoms with E-state index >= 15 is 0 Å². The van der Waals surface area contributed by atoms with E-state index in [0.717, 1.165) is 10.9 Å². The Balaban J connectivity index is 1.39. The van der Waals surface area contributed by atoms with Gasteiger partial charge in [0.2, 0.25) is 15.9 Å². The van der Waals surface area contributed by atoms with E-state index in [9.17, 15) is 18.0 Å². The minimum atomic E-state index is -3.64. The topological polar surface area (TPSA) is 109 Å². The first-order valence-corrected chi connectivity index (χ1v) is 12.5. The molecule has 0 bridgehead atoms. The maximum atomic E-state index is 13.0. The van der Waals surface area contributed by atoms with Crippen molar-refractivity contribution in [1.29, 1.82) is 0 Å². The van der Waals surface area contributed by atoms with Gasteiger partial charge in [0.15, 0.2) is 5.76 Å². The molecule has 2 amide bonds. The van der Waals surface area contributed by atoms with Crippen LogP contribution in [0.4, 0.5) is 5.69 Å². The Bertz CT molecular complexity index is 1320. The summed E-state index contributed by atoms with van der Waals surface area (Å²) in [6.45, 7) is 6.54. The van der Waals surface area contributed by atoms with Gasteiger partial charge in [-0.25, -0.2) is 8.42 Å². The number of fused-ring (bicyclic) bond motifs is 1. The average Bonchev–Trinajstić information content (AvgIpc) is 3.20. The highest BCUT2D eigenvalue weighted by Gasteiger charge is 2.29. The maximum absolute atomic E-state index is 13.0. The van der Waals surface area contributed by atoms with E-state index in [1.807, 2.05) is 25.1 Å². The van der Waals surface area contributed by atoms with Crippen molar-refractivity contribution in [3.8, 4) is 0 Å². The quantitative estimate of drug-likeness (QED) is 0.500. The molecule has 1 aliphatic rings. The van der Waals surface area contributed by atoms with Gasteiger partial charge in [-0.05, 0) is 62.1 Å². The summed E-state index contributed by atoms with van der Waals surface area (Å²) in [5.41, 5.74) is 1.86. The number of sulfonamides is 1. The molecular weight excluding hydrogens is 454 g/mol. The molecule has 9 heteroatoms. The number of furan rings is 1. The van der Waals surface area contributed by atoms with E-state index < -0.39 is 15.9 Å². The molecule has 0 unspecified atom stereocenters. The largest absolute Gasteiger partial charge is 0.451 e. The van der Waals surface area contributed by atoms with Gasteiger partial charge in [-0.15, -0.1) is 0 Å². The highest BCUT2D eigenvalue weighted by molar-refractivity contribution is 7.89. The number of amides is 2. The van der Waals surface area contributed by atoms with Crippen molar-refractivity contribution in [2.75, 3.05) is 25.0 Å². The van der Waals surface area contributed by atoms with E-state index in [0.29, 0.717) is 43.7 Å². The lowest BCUT2D eigenvalue weighted by Crippen LogP contribution is -2.41. The molecule has 1 aromatic heterocycles. The van der Waals surface area contributed by atoms with Gasteiger partial charge in [-0.1, -0.05) is 24.8 Å². The number of rotatable bonds is 7. The molecular formula is C25H27N3O5S. The van der Waals surface area contributed by atoms with Crippen LogP contribution in [0, 0.1) is 12.8 Å². The number of hydrogen-bond donors (Lipinski definition) is 2. The fraction of sp³-hybridized carbons (Fsp3) is 0.280. The van der Waals surface area contributed by atoms with Crippen LogP contribution in [-0.2, 0) is 14.8 Å². The Morgan fingerprint density at radius 1 is 1.12 bits per heavy atom. The zero-order valence-corrected chi connectivity index (χ0v) is 19.7. The van der Waals surface area contributed by atoms with E-state index in [1.165, 1.54) is 22.5 Å². The minimum Gasteiger partial charge on any atom is -0.451 e. The van der Waals surface area contributed by atoms with Crippen molar-refractivity contribution in [3.05, 3.63) is 72.5 Å². The molecule has 4 rings (SSSR count). The Morgan fingerprint density at radius 2 is 1.79 bits per heavy atom. The number of carbonyl (C=O) groups is 2. The lowest BCUT2D eigenvalue weighted by atomic mass is 9.98. The SMILES string of the molecule is C=CC(=O)NCC1CCN(S(=O)(=O)c2ccc(NC(=O)c3oc4ccccc4c3C)cc2)CC1. The van der Waals surface area contributed by atoms with E-state index in [4.69, 9.17) is 4.42 Å². The van der Waals surface area contributed by atoms with Gasteiger partial charge in [-0.2, -0.15) is 4.31 Å². The first-order valence-electron chi connectivity index (χ1n) is 11.1. The Labute approximate surface area is 198 Å². The highest BCUT2D eigenvalue weighted by Crippen LogP contribution is 2.27. The van der Waals surface area contributed by atoms with Crippen LogP contribution in [0.2, 0.25) is 0 Å². The lowest BCUT2D eigenvalue weighted by Gasteiger charge is -2.31. The molecule has 0 radical (unpaired) electrons. The van der Waals surface area contributed by atoms with Crippen LogP contribution >= 0.6 is 0 Å². The smallest absolute Gasteiger partial charge is 0.291 e. The summed E-state index contributed by atoms with van der Waals surface area (Å²) in [5.74, 6) is -0.160. The normalized spacial score (nSPS) is 15.2. The zero-order chi connectivity index (χ0) is 24.3. The molecule has 2 heterocycles. The lowest BCUT2D eigenvalue weighted by molar-refractivity contribution is -0.116. The van der Waals surface area contributed by atoms with Gasteiger partial charge in [0.1, 0.15) is 5.58 Å². The van der Waals surface area contributed by atoms with Gasteiger partial charge in [0.25, 0.3) is 5.91 Å². The van der Waals surface area contributed by atoms with Crippen molar-refractivity contribution < 1.29 is 22.4 Å². The summed E-state index contributed by atoms with van der Waals surface area (Å²) in [7, 11) is -3.64. The summed E-state index contributed by atoms with van der Waals surface area (Å²) in [4.78, 5) is 24.2. The first-order chi connectivity index (χ1) is 16.3. The van der Waals surface area contributed by atoms with Crippen LogP contribution in [0.25, 0.3) is 11.0 Å². The van der Waals surface area contributed by atoms with Crippen LogP contribution in [0.3, 0.4) is 0 Å². The summed E-state index contributed by atoms with van der Waals surface area (Å²) < 4.78 is 33.2. The van der Waals surface area contributed by atoms with Crippen molar-refractivity contribution in [3.63, 3.8) is 0 Å². The summed E-state index contributed by atoms with van der Waals surface area (Å²) in [5, 5.41) is 6.41. The predicted octanol–water partition coefficient (Wildman–Crippen LogP) is 3.70. The molecule has 0 aliphatic carbocycles. The summed E-state index contributed by atoms with van der Waals surface area (Å²) >= 11 is 0. The van der Waals surface area contributed by atoms with Crippen LogP contribution in [-0.4, -0.2) is 44.2 Å². The van der Waals surface area contributed by atoms with Crippen LogP contribution in [0.1, 0.15) is 29.0 Å². The fourth-order valence-electron chi connectivity index (χ4n) is 4.11. The van der Waals surface area contributed by atoms with Gasteiger partial charge in [-0.3, -0.25) is 9.59 Å². The monoisotopic (exact) mass is 481 g/mol. The standard InChI is InChI=1S/C25H27N3O5S/c1-3-23(29)26-16-18-12-14-28(15-13-18)34(31,32)20-10-8-19(9-11-20)27-25(30)24-17(2)21-6-4-5-7-22(21)33-24/h3-11,18H,1,12-16H2,2H3,(H,26,29)(H,27,30). The number of hydrogen-bond acceptors (Lipinski definition) is 5. The molecule has 0 spiro atoms. The number of carbonyl (C=O) groups excluding carboxylic acids is 2. The maximum Gasteiger partial charge on any atom is 0.291 e. The molecule has 1 saturated heterocycles. The molecule has 0 atom stereocenters. The molecule has 1 aliphatic heterocycles. The molecule has 3 aromatic rings. The van der Waals surface area contributed by atoms with Crippen molar-refractivity contribution in [2.45, 2.75) is 24.7 Å². The van der Waals surface area contributed by atoms with Crippen LogP contribution < -0.4 is 10.6 Å². The number of benzene rings is 2. The predicted molar refractivity (Wildman–Crippen MR) is 130 cm³/mol. The molecule has 0 saturated carbocycles. The summed E-state index contributed by atoms with van der Waals surface area (Å²) in [6.07, 6.45) is 2.56. The number of anilines is 1. The second-order valence-electron chi connectivity index (χ2n) is 8.33. The van der Waals surface area contributed by atoms with Gasteiger partial charge in [0.05, 0.1) is 4.90 Å². The zero-order valence-electron chi connectivity index (χ0n) is 18.9. The van der Waals surface area contributed by atoms with Crippen molar-refractivity contribution in [1.82, 2.24) is 9.62 Å². The van der Waals surface area contributed by atoms with E-state index in [-0.39, 0.29) is 22.5 Å². The second kappa shape index (κ2) is 9.82. The molecule has 178 valence electrons. The third kappa shape index (κ3) is 4.90. The van der Waals surface area contributed by atoms with Crippen LogP contribution in [0.15, 0.2) is 70.5 Å².